The van der Waals surface area contributed by atoms with Crippen LogP contribution in [-0.2, 0) is 40.5 Å². The maximum absolute atomic E-state index is 13.4. The molecule has 1 aromatic carbocycles. The number of carbonyl (C=O) groups excluding carboxylic acids is 1. The van der Waals surface area contributed by atoms with Crippen LogP contribution in [0.1, 0.15) is 60.8 Å². The third-order valence-electron chi connectivity index (χ3n) is 6.87. The molecule has 31 heavy (non-hydrogen) atoms. The van der Waals surface area contributed by atoms with Gasteiger partial charge in [0.05, 0.1) is 5.92 Å². The van der Waals surface area contributed by atoms with Gasteiger partial charge in [0.2, 0.25) is 10.2 Å². The van der Waals surface area contributed by atoms with Gasteiger partial charge in [-0.3, -0.25) is 4.79 Å². The van der Waals surface area contributed by atoms with Crippen molar-refractivity contribution in [3.05, 3.63) is 39.9 Å². The zero-order chi connectivity index (χ0) is 21.6. The quantitative estimate of drug-likeness (QED) is 0.594. The maximum Gasteiger partial charge on any atom is 0.270 e. The van der Waals surface area contributed by atoms with E-state index in [1.807, 2.05) is 0 Å². The van der Waals surface area contributed by atoms with E-state index >= 15 is 0 Å². The first kappa shape index (κ1) is 21.1. The summed E-state index contributed by atoms with van der Waals surface area (Å²) in [4.78, 5) is 17.3. The predicted molar refractivity (Wildman–Crippen MR) is 118 cm³/mol. The monoisotopic (exact) mass is 461 g/mol. The van der Waals surface area contributed by atoms with Crippen molar-refractivity contribution in [2.24, 2.45) is 5.92 Å². The molecule has 1 saturated carbocycles. The smallest absolute Gasteiger partial charge is 0.270 e. The fourth-order valence-corrected chi connectivity index (χ4v) is 7.58. The fraction of sp³-hybridized carbons (Fsp3) is 0.545. The number of aryl methyl sites for hydroxylation is 2. The van der Waals surface area contributed by atoms with Gasteiger partial charge in [-0.2, -0.15) is 4.72 Å². The van der Waals surface area contributed by atoms with Crippen LogP contribution in [0.15, 0.2) is 22.0 Å². The van der Waals surface area contributed by atoms with Gasteiger partial charge < -0.3 is 10.4 Å². The summed E-state index contributed by atoms with van der Waals surface area (Å²) in [6.07, 6.45) is 9.59. The number of carbonyl (C=O) groups is 1. The van der Waals surface area contributed by atoms with E-state index < -0.39 is 21.7 Å². The molecule has 166 valence electrons. The van der Waals surface area contributed by atoms with Crippen molar-refractivity contribution in [3.8, 4) is 0 Å². The Balaban J connectivity index is 1.44. The average Bonchev–Trinajstić information content (AvgIpc) is 3.48. The molecule has 2 unspecified atom stereocenters. The van der Waals surface area contributed by atoms with Gasteiger partial charge in [0, 0.05) is 17.3 Å². The Morgan fingerprint density at radius 2 is 1.81 bits per heavy atom. The molecule has 0 spiro atoms. The normalized spacial score (nSPS) is 25.3. The van der Waals surface area contributed by atoms with Gasteiger partial charge in [0.15, 0.2) is 0 Å². The van der Waals surface area contributed by atoms with E-state index in [2.05, 4.69) is 21.1 Å². The number of thiazole rings is 1. The van der Waals surface area contributed by atoms with Gasteiger partial charge in [0.25, 0.3) is 10.0 Å². The molecule has 3 aliphatic rings. The lowest BCUT2D eigenvalue weighted by atomic mass is 9.81. The molecule has 3 N–H and O–H groups in total. The third-order valence-corrected chi connectivity index (χ3v) is 9.56. The van der Waals surface area contributed by atoms with Crippen molar-refractivity contribution >= 4 is 33.0 Å². The first-order chi connectivity index (χ1) is 14.9. The molecule has 1 amide bonds. The molecule has 3 aliphatic carbocycles. The van der Waals surface area contributed by atoms with E-state index in [-0.39, 0.29) is 16.7 Å². The fourth-order valence-electron chi connectivity index (χ4n) is 5.42. The molecular formula is C22H27N3O4S2. The molecule has 1 aromatic heterocycles. The molecular weight excluding hydrogens is 434 g/mol. The van der Waals surface area contributed by atoms with Crippen LogP contribution in [-0.4, -0.2) is 30.1 Å². The van der Waals surface area contributed by atoms with Crippen molar-refractivity contribution in [1.82, 2.24) is 9.71 Å². The number of hydrogen-bond acceptors (Lipinski definition) is 6. The van der Waals surface area contributed by atoms with E-state index in [1.165, 1.54) is 28.5 Å². The van der Waals surface area contributed by atoms with Crippen molar-refractivity contribution in [2.75, 3.05) is 5.32 Å². The third kappa shape index (κ3) is 3.82. The Morgan fingerprint density at radius 1 is 1.10 bits per heavy atom. The number of hydrogen-bond donors (Lipinski definition) is 3. The van der Waals surface area contributed by atoms with E-state index in [0.717, 1.165) is 62.0 Å². The number of nitrogens with one attached hydrogen (secondary N) is 2. The molecule has 2 atom stereocenters. The van der Waals surface area contributed by atoms with Crippen LogP contribution in [0.2, 0.25) is 0 Å². The van der Waals surface area contributed by atoms with Crippen LogP contribution in [0, 0.1) is 5.92 Å². The Morgan fingerprint density at radius 3 is 2.45 bits per heavy atom. The zero-order valence-electron chi connectivity index (χ0n) is 17.3. The number of aliphatic hydroxyl groups is 1. The van der Waals surface area contributed by atoms with E-state index in [4.69, 9.17) is 0 Å². The van der Waals surface area contributed by atoms with Gasteiger partial charge in [0.1, 0.15) is 5.72 Å². The van der Waals surface area contributed by atoms with E-state index in [1.54, 1.807) is 5.38 Å². The van der Waals surface area contributed by atoms with Gasteiger partial charge in [-0.05, 0) is 80.0 Å². The van der Waals surface area contributed by atoms with Gasteiger partial charge in [-0.25, -0.2) is 13.4 Å². The molecule has 1 heterocycles. The number of amides is 1. The summed E-state index contributed by atoms with van der Waals surface area (Å²) in [6.45, 7) is 0. The van der Waals surface area contributed by atoms with Crippen LogP contribution in [0.3, 0.4) is 0 Å². The number of anilines is 1. The van der Waals surface area contributed by atoms with Crippen LogP contribution < -0.4 is 10.0 Å². The summed E-state index contributed by atoms with van der Waals surface area (Å²) >= 11 is 0.983. The van der Waals surface area contributed by atoms with Crippen LogP contribution >= 0.6 is 11.3 Å². The minimum atomic E-state index is -4.01. The van der Waals surface area contributed by atoms with Crippen molar-refractivity contribution < 1.29 is 18.3 Å². The summed E-state index contributed by atoms with van der Waals surface area (Å²) in [6, 6.07) is 2.30. The SMILES string of the molecule is O=C(Nc1c2c(cc3c1CCC3)CCC2)C1CCCCC1(O)NS(=O)(=O)c1nccs1. The summed E-state index contributed by atoms with van der Waals surface area (Å²) in [5.74, 6) is -1.16. The first-order valence-electron chi connectivity index (χ1n) is 11.0. The molecule has 0 saturated heterocycles. The molecule has 9 heteroatoms. The second-order valence-electron chi connectivity index (χ2n) is 8.85. The molecule has 0 bridgehead atoms. The highest BCUT2D eigenvalue weighted by Crippen LogP contribution is 2.40. The standard InChI is InChI=1S/C22H27N3O4S2/c26-20(24-19-16-7-3-5-14(16)13-15-6-4-8-17(15)19)18-9-1-2-10-22(18,27)25-31(28,29)21-23-11-12-30-21/h11-13,18,25,27H,1-10H2,(H,24,26). The topological polar surface area (TPSA) is 108 Å². The maximum atomic E-state index is 13.4. The largest absolute Gasteiger partial charge is 0.374 e. The molecule has 1 fully saturated rings. The highest BCUT2D eigenvalue weighted by Gasteiger charge is 2.47. The van der Waals surface area contributed by atoms with Gasteiger partial charge in [-0.1, -0.05) is 12.5 Å². The number of benzene rings is 1. The van der Waals surface area contributed by atoms with Crippen molar-refractivity contribution in [1.29, 1.82) is 0 Å². The van der Waals surface area contributed by atoms with Crippen LogP contribution in [0.5, 0.6) is 0 Å². The molecule has 0 radical (unpaired) electrons. The summed E-state index contributed by atoms with van der Waals surface area (Å²) < 4.78 is 27.8. The lowest BCUT2D eigenvalue weighted by Gasteiger charge is -2.39. The average molecular weight is 462 g/mol. The Hall–Kier alpha value is -1.81. The van der Waals surface area contributed by atoms with Crippen LogP contribution in [0.25, 0.3) is 0 Å². The highest BCUT2D eigenvalue weighted by molar-refractivity contribution is 7.91. The van der Waals surface area contributed by atoms with Crippen molar-refractivity contribution in [2.45, 2.75) is 74.3 Å². The highest BCUT2D eigenvalue weighted by atomic mass is 32.2. The van der Waals surface area contributed by atoms with Crippen LogP contribution in [0.4, 0.5) is 5.69 Å². The number of aromatic nitrogens is 1. The van der Waals surface area contributed by atoms with E-state index in [9.17, 15) is 18.3 Å². The van der Waals surface area contributed by atoms with Crippen molar-refractivity contribution in [3.63, 3.8) is 0 Å². The lowest BCUT2D eigenvalue weighted by Crippen LogP contribution is -2.58. The second-order valence-corrected chi connectivity index (χ2v) is 11.6. The predicted octanol–water partition coefficient (Wildman–Crippen LogP) is 2.92. The summed E-state index contributed by atoms with van der Waals surface area (Å²) in [5.41, 5.74) is 4.17. The summed E-state index contributed by atoms with van der Waals surface area (Å²) in [5, 5.41) is 16.0. The Kier molecular flexibility index (Phi) is 5.40. The zero-order valence-corrected chi connectivity index (χ0v) is 18.9. The van der Waals surface area contributed by atoms with E-state index in [0.29, 0.717) is 12.8 Å². The minimum absolute atomic E-state index is 0.107. The minimum Gasteiger partial charge on any atom is -0.374 e. The van der Waals surface area contributed by atoms with Gasteiger partial charge in [-0.15, -0.1) is 11.3 Å². The Labute approximate surface area is 186 Å². The number of nitrogens with zero attached hydrogens (tertiary/aromatic N) is 1. The molecule has 7 nitrogen and oxygen atoms in total. The molecule has 2 aromatic rings. The molecule has 0 aliphatic heterocycles. The number of sulfonamides is 1. The Bertz CT molecular complexity index is 1080. The number of fused-ring (bicyclic) bond motifs is 2. The number of rotatable bonds is 5. The molecule has 5 rings (SSSR count). The lowest BCUT2D eigenvalue weighted by molar-refractivity contribution is -0.134. The summed E-state index contributed by atoms with van der Waals surface area (Å²) in [7, 11) is -4.01. The first-order valence-corrected chi connectivity index (χ1v) is 13.4. The second kappa shape index (κ2) is 7.95. The van der Waals surface area contributed by atoms with Gasteiger partial charge >= 0.3 is 0 Å².